The summed E-state index contributed by atoms with van der Waals surface area (Å²) < 4.78 is 179. The Morgan fingerprint density at radius 2 is 1.13 bits per heavy atom. The lowest BCUT2D eigenvalue weighted by Gasteiger charge is -2.31. The van der Waals surface area contributed by atoms with Gasteiger partial charge in [-0.1, -0.05) is 13.3 Å². The Balaban J connectivity index is 0.000000748. The standard InChI is InChI=1S/C13H24NO3Si.C4F10NO4S2/c1-5-6-7-13-8-10-14(11-9-13)12-18(15-2,16-3)17-4;5-1(6,7)3(11,12)20(16,17)15-21(18,19)4(13,14)2(8,9)10/h8-11H,5-7,12H2,1-4H3;/q+1;-1. The van der Waals surface area contributed by atoms with Gasteiger partial charge in [0.1, 0.15) is 0 Å². The van der Waals surface area contributed by atoms with Crippen LogP contribution in [0.15, 0.2) is 24.5 Å². The number of aryl methyl sites for hydroxylation is 1. The summed E-state index contributed by atoms with van der Waals surface area (Å²) >= 11 is 0. The van der Waals surface area contributed by atoms with E-state index in [1.807, 2.05) is 0 Å². The number of hydrogen-bond donors (Lipinski definition) is 0. The van der Waals surface area contributed by atoms with Crippen LogP contribution in [0, 0.1) is 0 Å². The SMILES string of the molecule is CCCCc1cc[n+](C[Si](OC)(OC)OC)cc1.O=S(=O)([N-]S(=O)(=O)C(F)(F)C(F)(F)F)C(F)(F)C(F)(F)F. The van der Waals surface area contributed by atoms with Crippen molar-refractivity contribution in [1.82, 2.24) is 0 Å². The highest BCUT2D eigenvalue weighted by Crippen LogP contribution is 2.47. The molecule has 0 bridgehead atoms. The van der Waals surface area contributed by atoms with Crippen LogP contribution in [-0.4, -0.2) is 69.8 Å². The minimum absolute atomic E-state index is 0.422. The molecule has 1 rings (SSSR count). The topological polar surface area (TPSA) is 114 Å². The zero-order valence-corrected chi connectivity index (χ0v) is 23.1. The Kier molecular flexibility index (Phi) is 12.8. The van der Waals surface area contributed by atoms with Crippen LogP contribution in [0.2, 0.25) is 0 Å². The van der Waals surface area contributed by atoms with E-state index in [-0.39, 0.29) is 0 Å². The van der Waals surface area contributed by atoms with E-state index in [0.29, 0.717) is 10.3 Å². The molecule has 22 heteroatoms. The summed E-state index contributed by atoms with van der Waals surface area (Å²) in [7, 11) is -12.9. The molecule has 1 heterocycles. The van der Waals surface area contributed by atoms with Crippen molar-refractivity contribution in [2.24, 2.45) is 0 Å². The molecule has 1 aromatic rings. The molecule has 0 N–H and O–H groups in total. The number of aromatic nitrogens is 1. The lowest BCUT2D eigenvalue weighted by molar-refractivity contribution is -0.685. The van der Waals surface area contributed by atoms with Gasteiger partial charge in [0.05, 0.1) is 0 Å². The first-order valence-corrected chi connectivity index (χ1v) is 15.0. The van der Waals surface area contributed by atoms with E-state index in [1.165, 1.54) is 18.4 Å². The first-order chi connectivity index (χ1) is 17.4. The Morgan fingerprint density at radius 1 is 0.769 bits per heavy atom. The van der Waals surface area contributed by atoms with Crippen LogP contribution in [0.4, 0.5) is 43.9 Å². The summed E-state index contributed by atoms with van der Waals surface area (Å²) in [6.45, 7) is 2.21. The number of alkyl halides is 10. The van der Waals surface area contributed by atoms with Gasteiger partial charge in [-0.25, -0.2) is 21.4 Å². The third-order valence-corrected chi connectivity index (χ3v) is 10.5. The maximum absolute atomic E-state index is 12.3. The molecule has 0 aliphatic rings. The molecule has 230 valence electrons. The minimum Gasteiger partial charge on any atom is -0.425 e. The zero-order valence-electron chi connectivity index (χ0n) is 20.5. The summed E-state index contributed by atoms with van der Waals surface area (Å²) in [6, 6.07) is 4.30. The highest BCUT2D eigenvalue weighted by Gasteiger charge is 2.68. The molecule has 0 aliphatic carbocycles. The van der Waals surface area contributed by atoms with E-state index in [1.54, 1.807) is 21.3 Å². The molecule has 0 unspecified atom stereocenters. The van der Waals surface area contributed by atoms with E-state index in [4.69, 9.17) is 13.3 Å². The van der Waals surface area contributed by atoms with Gasteiger partial charge >= 0.3 is 31.7 Å². The van der Waals surface area contributed by atoms with Crippen molar-refractivity contribution in [3.05, 3.63) is 34.2 Å². The molecule has 9 nitrogen and oxygen atoms in total. The van der Waals surface area contributed by atoms with Gasteiger partial charge in [-0.3, -0.25) is 0 Å². The fraction of sp³-hybridized carbons (Fsp3) is 0.706. The molecular weight excluding hydrogens is 626 g/mol. The predicted molar refractivity (Wildman–Crippen MR) is 115 cm³/mol. The lowest BCUT2D eigenvalue weighted by atomic mass is 10.1. The number of pyridine rings is 1. The average Bonchev–Trinajstić information content (AvgIpc) is 2.80. The van der Waals surface area contributed by atoms with Crippen LogP contribution in [0.3, 0.4) is 0 Å². The molecular formula is C17H24F10N2O7S2Si. The third-order valence-electron chi connectivity index (χ3n) is 4.59. The molecule has 1 aromatic heterocycles. The number of halogens is 10. The van der Waals surface area contributed by atoms with Crippen LogP contribution in [0.5, 0.6) is 0 Å². The second kappa shape index (κ2) is 13.4. The van der Waals surface area contributed by atoms with Gasteiger partial charge in [0, 0.05) is 33.5 Å². The molecule has 0 aromatic carbocycles. The number of unbranched alkanes of at least 4 members (excludes halogenated alkanes) is 1. The van der Waals surface area contributed by atoms with Crippen molar-refractivity contribution in [1.29, 1.82) is 0 Å². The Hall–Kier alpha value is -1.59. The summed E-state index contributed by atoms with van der Waals surface area (Å²) in [5, 5.41) is -14.0. The van der Waals surface area contributed by atoms with Crippen molar-refractivity contribution >= 4 is 28.9 Å². The fourth-order valence-corrected chi connectivity index (χ4v) is 6.24. The second-order valence-electron chi connectivity index (χ2n) is 7.33. The number of sulfonamides is 2. The summed E-state index contributed by atoms with van der Waals surface area (Å²) in [6.07, 6.45) is -5.66. The molecule has 39 heavy (non-hydrogen) atoms. The van der Waals surface area contributed by atoms with Crippen LogP contribution < -0.4 is 4.57 Å². The Labute approximate surface area is 218 Å². The average molecular weight is 651 g/mol. The molecule has 0 fully saturated rings. The molecule has 0 aliphatic heterocycles. The van der Waals surface area contributed by atoms with E-state index < -0.39 is 51.7 Å². The van der Waals surface area contributed by atoms with E-state index in [0.717, 1.165) is 6.42 Å². The highest BCUT2D eigenvalue weighted by molar-refractivity contribution is 8.13. The molecule has 0 saturated heterocycles. The first kappa shape index (κ1) is 37.4. The van der Waals surface area contributed by atoms with Gasteiger partial charge in [-0.15, -0.1) is 0 Å². The van der Waals surface area contributed by atoms with Crippen molar-refractivity contribution in [2.75, 3.05) is 21.3 Å². The van der Waals surface area contributed by atoms with Crippen LogP contribution >= 0.6 is 0 Å². The summed E-state index contributed by atoms with van der Waals surface area (Å²) in [4.78, 5) is 0. The van der Waals surface area contributed by atoms with Crippen LogP contribution in [-0.2, 0) is 45.9 Å². The number of rotatable bonds is 12. The van der Waals surface area contributed by atoms with Crippen LogP contribution in [0.25, 0.3) is 4.13 Å². The smallest absolute Gasteiger partial charge is 0.425 e. The van der Waals surface area contributed by atoms with Crippen molar-refractivity contribution in [2.45, 2.75) is 55.2 Å². The van der Waals surface area contributed by atoms with Crippen molar-refractivity contribution in [3.8, 4) is 0 Å². The van der Waals surface area contributed by atoms with Gasteiger partial charge in [-0.2, -0.15) is 43.9 Å². The Morgan fingerprint density at radius 3 is 1.41 bits per heavy atom. The number of hydrogen-bond acceptors (Lipinski definition) is 7. The fourth-order valence-electron chi connectivity index (χ4n) is 2.32. The Bertz CT molecular complexity index is 1060. The van der Waals surface area contributed by atoms with E-state index >= 15 is 0 Å². The maximum atomic E-state index is 12.3. The van der Waals surface area contributed by atoms with Gasteiger partial charge in [0.2, 0.25) is 6.17 Å². The lowest BCUT2D eigenvalue weighted by Crippen LogP contribution is -2.56. The van der Waals surface area contributed by atoms with Crippen molar-refractivity contribution in [3.63, 3.8) is 0 Å². The monoisotopic (exact) mass is 650 g/mol. The van der Waals surface area contributed by atoms with Gasteiger partial charge in [0.25, 0.3) is 0 Å². The van der Waals surface area contributed by atoms with E-state index in [9.17, 15) is 60.7 Å². The van der Waals surface area contributed by atoms with Gasteiger partial charge < -0.3 is 17.4 Å². The van der Waals surface area contributed by atoms with E-state index in [2.05, 4.69) is 36.0 Å². The molecule has 0 amide bonds. The van der Waals surface area contributed by atoms with Crippen molar-refractivity contribution < 1.29 is 78.6 Å². The molecule has 0 spiro atoms. The summed E-state index contributed by atoms with van der Waals surface area (Å²) in [5.41, 5.74) is 1.37. The maximum Gasteiger partial charge on any atom is 0.569 e. The first-order valence-electron chi connectivity index (χ1n) is 10.2. The largest absolute Gasteiger partial charge is 0.569 e. The zero-order chi connectivity index (χ0) is 31.1. The third kappa shape index (κ3) is 9.21. The predicted octanol–water partition coefficient (Wildman–Crippen LogP) is 4.06. The highest BCUT2D eigenvalue weighted by atomic mass is 32.3. The van der Waals surface area contributed by atoms with Gasteiger partial charge in [-0.05, 0) is 18.4 Å². The molecule has 0 atom stereocenters. The normalized spacial score (nSPS) is 14.1. The number of nitrogens with zero attached hydrogens (tertiary/aromatic N) is 2. The quantitative estimate of drug-likeness (QED) is 0.191. The minimum atomic E-state index is -7.62. The second-order valence-corrected chi connectivity index (χ2v) is 13.8. The van der Waals surface area contributed by atoms with Crippen LogP contribution in [0.1, 0.15) is 25.3 Å². The molecule has 0 radical (unpaired) electrons. The van der Waals surface area contributed by atoms with Gasteiger partial charge in [0.15, 0.2) is 32.4 Å². The summed E-state index contributed by atoms with van der Waals surface area (Å²) in [5.74, 6) is 0. The molecule has 0 saturated carbocycles.